The van der Waals surface area contributed by atoms with Gasteiger partial charge in [0.2, 0.25) is 0 Å². The van der Waals surface area contributed by atoms with Crippen LogP contribution in [0.15, 0.2) is 91.0 Å². The summed E-state index contributed by atoms with van der Waals surface area (Å²) in [6, 6.07) is 28.8. The molecule has 1 atom stereocenters. The second-order valence-corrected chi connectivity index (χ2v) is 9.25. The van der Waals surface area contributed by atoms with Crippen LogP contribution in [0.3, 0.4) is 0 Å². The molecule has 0 aromatic heterocycles. The molecule has 0 radical (unpaired) electrons. The van der Waals surface area contributed by atoms with E-state index in [4.69, 9.17) is 0 Å². The van der Waals surface area contributed by atoms with E-state index in [1.807, 2.05) is 97.9 Å². The van der Waals surface area contributed by atoms with Gasteiger partial charge in [0.1, 0.15) is 0 Å². The first-order valence-electron chi connectivity index (χ1n) is 8.86. The van der Waals surface area contributed by atoms with Crippen molar-refractivity contribution in [3.63, 3.8) is 0 Å². The molecular formula is C22H24NO2P. The maximum absolute atomic E-state index is 14.4. The highest BCUT2D eigenvalue weighted by molar-refractivity contribution is 7.79. The third kappa shape index (κ3) is 3.81. The smallest absolute Gasteiger partial charge is 0.161 e. The van der Waals surface area contributed by atoms with Crippen molar-refractivity contribution >= 4 is 17.8 Å². The van der Waals surface area contributed by atoms with Crippen LogP contribution in [-0.2, 0) is 11.1 Å². The summed E-state index contributed by atoms with van der Waals surface area (Å²) in [5.74, 6) is -0.493. The van der Waals surface area contributed by atoms with Crippen LogP contribution in [0.2, 0.25) is 0 Å². The molecular weight excluding hydrogens is 341 g/mol. The fourth-order valence-corrected chi connectivity index (χ4v) is 6.51. The summed E-state index contributed by atoms with van der Waals surface area (Å²) in [7, 11) is -3.05. The molecule has 1 unspecified atom stereocenters. The maximum atomic E-state index is 14.4. The monoisotopic (exact) mass is 365 g/mol. The van der Waals surface area contributed by atoms with E-state index in [2.05, 4.69) is 0 Å². The Bertz CT molecular complexity index is 810. The van der Waals surface area contributed by atoms with Crippen LogP contribution in [0.5, 0.6) is 0 Å². The van der Waals surface area contributed by atoms with Crippen molar-refractivity contribution in [3.8, 4) is 0 Å². The van der Waals surface area contributed by atoms with Crippen molar-refractivity contribution in [2.45, 2.75) is 25.7 Å². The quantitative estimate of drug-likeness (QED) is 0.490. The van der Waals surface area contributed by atoms with Crippen LogP contribution >= 0.6 is 7.14 Å². The van der Waals surface area contributed by atoms with Gasteiger partial charge in [-0.3, -0.25) is 0 Å². The van der Waals surface area contributed by atoms with Crippen LogP contribution in [-0.4, -0.2) is 16.1 Å². The fraction of sp³-hybridized carbons (Fsp3) is 0.182. The molecule has 0 bridgehead atoms. The zero-order valence-corrected chi connectivity index (χ0v) is 15.8. The summed E-state index contributed by atoms with van der Waals surface area (Å²) >= 11 is 0. The summed E-state index contributed by atoms with van der Waals surface area (Å²) in [4.78, 5) is 0. The standard InChI is InChI=1S/C22H24NO2P/c1-2-22(23(24)18-19-12-6-3-7-13-19)26(25,20-14-8-4-9-15-20)21-16-10-5-11-17-21/h3-17,22,24H,2,18H2,1H3. The summed E-state index contributed by atoms with van der Waals surface area (Å²) in [5, 5.41) is 13.7. The third-order valence-corrected chi connectivity index (χ3v) is 8.20. The minimum Gasteiger partial charge on any atom is -0.313 e. The second kappa shape index (κ2) is 8.46. The third-order valence-electron chi connectivity index (χ3n) is 4.60. The molecule has 0 fully saturated rings. The highest BCUT2D eigenvalue weighted by Gasteiger charge is 2.39. The molecule has 0 heterocycles. The van der Waals surface area contributed by atoms with Crippen LogP contribution in [0.1, 0.15) is 18.9 Å². The Labute approximate surface area is 155 Å². The lowest BCUT2D eigenvalue weighted by Crippen LogP contribution is -2.37. The largest absolute Gasteiger partial charge is 0.313 e. The molecule has 134 valence electrons. The lowest BCUT2D eigenvalue weighted by atomic mass is 10.2. The van der Waals surface area contributed by atoms with E-state index >= 15 is 0 Å². The number of rotatable bonds is 7. The predicted molar refractivity (Wildman–Crippen MR) is 108 cm³/mol. The van der Waals surface area contributed by atoms with Gasteiger partial charge in [0, 0.05) is 17.2 Å². The molecule has 3 rings (SSSR count). The van der Waals surface area contributed by atoms with Gasteiger partial charge >= 0.3 is 0 Å². The van der Waals surface area contributed by atoms with Gasteiger partial charge in [-0.25, -0.2) is 0 Å². The minimum atomic E-state index is -3.05. The van der Waals surface area contributed by atoms with Gasteiger partial charge in [-0.15, -0.1) is 0 Å². The Hall–Kier alpha value is -2.19. The highest BCUT2D eigenvalue weighted by atomic mass is 31.2. The van der Waals surface area contributed by atoms with E-state index in [1.165, 1.54) is 5.06 Å². The summed E-state index contributed by atoms with van der Waals surface area (Å²) in [5.41, 5.74) is 0.987. The molecule has 3 aromatic carbocycles. The van der Waals surface area contributed by atoms with Crippen LogP contribution in [0.4, 0.5) is 0 Å². The molecule has 3 nitrogen and oxygen atoms in total. The molecule has 4 heteroatoms. The van der Waals surface area contributed by atoms with Gasteiger partial charge in [-0.05, 0) is 12.0 Å². The second-order valence-electron chi connectivity index (χ2n) is 6.30. The van der Waals surface area contributed by atoms with Gasteiger partial charge in [0.15, 0.2) is 7.14 Å². The summed E-state index contributed by atoms with van der Waals surface area (Å²) < 4.78 is 14.4. The molecule has 0 spiro atoms. The summed E-state index contributed by atoms with van der Waals surface area (Å²) in [6.45, 7) is 2.31. The van der Waals surface area contributed by atoms with Gasteiger partial charge in [-0.1, -0.05) is 97.9 Å². The first kappa shape index (κ1) is 18.6. The van der Waals surface area contributed by atoms with Crippen molar-refractivity contribution in [2.75, 3.05) is 0 Å². The number of hydroxylamine groups is 2. The molecule has 1 N–H and O–H groups in total. The van der Waals surface area contributed by atoms with Crippen LogP contribution in [0.25, 0.3) is 0 Å². The highest BCUT2D eigenvalue weighted by Crippen LogP contribution is 2.51. The van der Waals surface area contributed by atoms with E-state index in [-0.39, 0.29) is 0 Å². The molecule has 0 saturated carbocycles. The maximum Gasteiger partial charge on any atom is 0.161 e. The number of nitrogens with zero attached hydrogens (tertiary/aromatic N) is 1. The molecule has 26 heavy (non-hydrogen) atoms. The molecule has 0 aliphatic carbocycles. The number of benzene rings is 3. The Morgan fingerprint density at radius 3 is 1.65 bits per heavy atom. The van der Waals surface area contributed by atoms with Crippen molar-refractivity contribution in [3.05, 3.63) is 96.6 Å². The first-order chi connectivity index (χ1) is 12.7. The minimum absolute atomic E-state index is 0.336. The SMILES string of the molecule is CCC(N(O)Cc1ccccc1)P(=O)(c1ccccc1)c1ccccc1. The molecule has 3 aromatic rings. The molecule has 0 amide bonds. The Morgan fingerprint density at radius 2 is 1.23 bits per heavy atom. The molecule has 0 aliphatic heterocycles. The van der Waals surface area contributed by atoms with E-state index in [9.17, 15) is 9.77 Å². The summed E-state index contributed by atoms with van der Waals surface area (Å²) in [6.07, 6.45) is 0.574. The van der Waals surface area contributed by atoms with Crippen molar-refractivity contribution < 1.29 is 9.77 Å². The number of hydrogen-bond donors (Lipinski definition) is 1. The molecule has 0 saturated heterocycles. The van der Waals surface area contributed by atoms with Crippen molar-refractivity contribution in [2.24, 2.45) is 0 Å². The zero-order valence-electron chi connectivity index (χ0n) is 14.9. The van der Waals surface area contributed by atoms with E-state index < -0.39 is 12.9 Å². The van der Waals surface area contributed by atoms with Gasteiger partial charge < -0.3 is 9.77 Å². The molecule has 0 aliphatic rings. The lowest BCUT2D eigenvalue weighted by Gasteiger charge is -2.33. The average Bonchev–Trinajstić information content (AvgIpc) is 2.70. The van der Waals surface area contributed by atoms with Gasteiger partial charge in [-0.2, -0.15) is 5.06 Å². The van der Waals surface area contributed by atoms with Crippen molar-refractivity contribution in [1.82, 2.24) is 5.06 Å². The first-order valence-corrected chi connectivity index (χ1v) is 10.6. The Morgan fingerprint density at radius 1 is 0.808 bits per heavy atom. The predicted octanol–water partition coefficient (Wildman–Crippen LogP) is 4.63. The lowest BCUT2D eigenvalue weighted by molar-refractivity contribution is -0.113. The normalized spacial score (nSPS) is 12.9. The van der Waals surface area contributed by atoms with Crippen LogP contribution < -0.4 is 10.6 Å². The van der Waals surface area contributed by atoms with Crippen LogP contribution in [0, 0.1) is 0 Å². The fourth-order valence-electron chi connectivity index (χ4n) is 3.32. The topological polar surface area (TPSA) is 40.5 Å². The van der Waals surface area contributed by atoms with Crippen molar-refractivity contribution in [1.29, 1.82) is 0 Å². The Kier molecular flexibility index (Phi) is 6.05. The zero-order chi connectivity index (χ0) is 18.4. The van der Waals surface area contributed by atoms with E-state index in [1.54, 1.807) is 0 Å². The van der Waals surface area contributed by atoms with E-state index in [0.717, 1.165) is 16.2 Å². The van der Waals surface area contributed by atoms with Gasteiger partial charge in [0.05, 0.1) is 5.78 Å². The van der Waals surface area contributed by atoms with E-state index in [0.29, 0.717) is 13.0 Å². The van der Waals surface area contributed by atoms with Gasteiger partial charge in [0.25, 0.3) is 0 Å². The average molecular weight is 365 g/mol. The Balaban J connectivity index is 2.03. The number of hydrogen-bond acceptors (Lipinski definition) is 3.